The van der Waals surface area contributed by atoms with E-state index in [9.17, 15) is 4.79 Å². The number of carbonyl (C=O) groups is 1. The number of carbonyl (C=O) groups excluding carboxylic acids is 1. The third-order valence-electron chi connectivity index (χ3n) is 4.25. The van der Waals surface area contributed by atoms with E-state index in [0.29, 0.717) is 12.5 Å². The van der Waals surface area contributed by atoms with Gasteiger partial charge in [0, 0.05) is 37.4 Å². The van der Waals surface area contributed by atoms with Crippen LogP contribution in [-0.4, -0.2) is 38.4 Å². The summed E-state index contributed by atoms with van der Waals surface area (Å²) < 4.78 is 1.83. The van der Waals surface area contributed by atoms with Crippen LogP contribution in [0, 0.1) is 12.8 Å². The summed E-state index contributed by atoms with van der Waals surface area (Å²) in [6, 6.07) is 4.20. The minimum absolute atomic E-state index is 0.185. The normalized spacial score (nSPS) is 18.4. The minimum Gasteiger partial charge on any atom is -0.341 e. The monoisotopic (exact) mass is 298 g/mol. The number of rotatable bonds is 4. The second kappa shape index (κ2) is 6.73. The summed E-state index contributed by atoms with van der Waals surface area (Å²) in [6.07, 6.45) is 10.5. The van der Waals surface area contributed by atoms with Crippen LogP contribution in [0.2, 0.25) is 0 Å². The molecule has 3 heterocycles. The lowest BCUT2D eigenvalue weighted by atomic mass is 9.92. The Labute approximate surface area is 131 Å². The standard InChI is InChI=1S/C17H22N4O/c1-14-4-5-15(10-19-14)9-16-3-2-7-21(11-16)17(22)12-20-8-6-18-13-20/h4-6,8,10,13,16H,2-3,7,9,11-12H2,1H3/t16-/m0/s1. The molecule has 22 heavy (non-hydrogen) atoms. The Morgan fingerprint density at radius 2 is 2.32 bits per heavy atom. The Kier molecular flexibility index (Phi) is 4.51. The van der Waals surface area contributed by atoms with Gasteiger partial charge in [-0.2, -0.15) is 0 Å². The number of aromatic nitrogens is 3. The van der Waals surface area contributed by atoms with Gasteiger partial charge < -0.3 is 9.47 Å². The molecule has 1 amide bonds. The number of hydrogen-bond acceptors (Lipinski definition) is 3. The molecule has 1 atom stereocenters. The first-order valence-corrected chi connectivity index (χ1v) is 7.86. The molecule has 1 aliphatic rings. The van der Waals surface area contributed by atoms with Crippen LogP contribution in [0.1, 0.15) is 24.1 Å². The van der Waals surface area contributed by atoms with E-state index < -0.39 is 0 Å². The van der Waals surface area contributed by atoms with Crippen molar-refractivity contribution < 1.29 is 4.79 Å². The van der Waals surface area contributed by atoms with Crippen LogP contribution in [0.25, 0.3) is 0 Å². The first-order valence-electron chi connectivity index (χ1n) is 7.86. The predicted molar refractivity (Wildman–Crippen MR) is 84.2 cm³/mol. The molecule has 5 nitrogen and oxygen atoms in total. The van der Waals surface area contributed by atoms with Crippen molar-refractivity contribution in [1.29, 1.82) is 0 Å². The molecule has 0 saturated carbocycles. The topological polar surface area (TPSA) is 51.0 Å². The molecule has 1 saturated heterocycles. The number of aryl methyl sites for hydroxylation is 1. The molecule has 5 heteroatoms. The van der Waals surface area contributed by atoms with Crippen LogP contribution >= 0.6 is 0 Å². The SMILES string of the molecule is Cc1ccc(C[C@@H]2CCCN(C(=O)Cn3ccnc3)C2)cn1. The van der Waals surface area contributed by atoms with Crippen molar-refractivity contribution in [2.75, 3.05) is 13.1 Å². The maximum Gasteiger partial charge on any atom is 0.242 e. The zero-order valence-corrected chi connectivity index (χ0v) is 13.0. The predicted octanol–water partition coefficient (Wildman–Crippen LogP) is 2.07. The van der Waals surface area contributed by atoms with Crippen molar-refractivity contribution in [3.05, 3.63) is 48.3 Å². The number of amides is 1. The second-order valence-corrected chi connectivity index (χ2v) is 6.09. The number of likely N-dealkylation sites (tertiary alicyclic amines) is 1. The molecule has 0 unspecified atom stereocenters. The molecule has 0 bridgehead atoms. The van der Waals surface area contributed by atoms with Crippen molar-refractivity contribution in [1.82, 2.24) is 19.4 Å². The van der Waals surface area contributed by atoms with E-state index in [1.165, 1.54) is 12.0 Å². The van der Waals surface area contributed by atoms with Crippen LogP contribution in [0.15, 0.2) is 37.1 Å². The van der Waals surface area contributed by atoms with Crippen molar-refractivity contribution in [2.45, 2.75) is 32.7 Å². The van der Waals surface area contributed by atoms with Crippen molar-refractivity contribution in [2.24, 2.45) is 5.92 Å². The number of imidazole rings is 1. The molecule has 0 aliphatic carbocycles. The summed E-state index contributed by atoms with van der Waals surface area (Å²) in [7, 11) is 0. The maximum absolute atomic E-state index is 12.4. The summed E-state index contributed by atoms with van der Waals surface area (Å²) in [5.41, 5.74) is 2.31. The average molecular weight is 298 g/mol. The van der Waals surface area contributed by atoms with E-state index in [-0.39, 0.29) is 5.91 Å². The zero-order chi connectivity index (χ0) is 15.4. The van der Waals surface area contributed by atoms with E-state index in [1.807, 2.05) is 28.8 Å². The fourth-order valence-electron chi connectivity index (χ4n) is 3.05. The van der Waals surface area contributed by atoms with Crippen molar-refractivity contribution >= 4 is 5.91 Å². The first-order chi connectivity index (χ1) is 10.7. The average Bonchev–Trinajstić information content (AvgIpc) is 3.03. The van der Waals surface area contributed by atoms with Crippen molar-refractivity contribution in [3.8, 4) is 0 Å². The summed E-state index contributed by atoms with van der Waals surface area (Å²) >= 11 is 0. The highest BCUT2D eigenvalue weighted by Crippen LogP contribution is 2.21. The van der Waals surface area contributed by atoms with E-state index >= 15 is 0 Å². The highest BCUT2D eigenvalue weighted by Gasteiger charge is 2.23. The highest BCUT2D eigenvalue weighted by molar-refractivity contribution is 5.76. The molecule has 0 radical (unpaired) electrons. The molecular formula is C17H22N4O. The van der Waals surface area contributed by atoms with Crippen LogP contribution in [-0.2, 0) is 17.8 Å². The van der Waals surface area contributed by atoms with Gasteiger partial charge in [-0.15, -0.1) is 0 Å². The maximum atomic E-state index is 12.4. The minimum atomic E-state index is 0.185. The smallest absolute Gasteiger partial charge is 0.242 e. The van der Waals surface area contributed by atoms with Gasteiger partial charge >= 0.3 is 0 Å². The summed E-state index contributed by atoms with van der Waals surface area (Å²) in [4.78, 5) is 22.7. The van der Waals surface area contributed by atoms with Crippen LogP contribution in [0.3, 0.4) is 0 Å². The van der Waals surface area contributed by atoms with Gasteiger partial charge in [-0.25, -0.2) is 4.98 Å². The lowest BCUT2D eigenvalue weighted by molar-refractivity contribution is -0.133. The van der Waals surface area contributed by atoms with Crippen LogP contribution in [0.5, 0.6) is 0 Å². The number of piperidine rings is 1. The Morgan fingerprint density at radius 1 is 1.41 bits per heavy atom. The van der Waals surface area contributed by atoms with E-state index in [1.54, 1.807) is 12.5 Å². The van der Waals surface area contributed by atoms with E-state index in [0.717, 1.165) is 31.6 Å². The third kappa shape index (κ3) is 3.72. The molecule has 0 aromatic carbocycles. The Morgan fingerprint density at radius 3 is 3.05 bits per heavy atom. The molecule has 116 valence electrons. The van der Waals surface area contributed by atoms with Crippen LogP contribution < -0.4 is 0 Å². The molecule has 2 aromatic heterocycles. The summed E-state index contributed by atoms with van der Waals surface area (Å²) in [5.74, 6) is 0.717. The molecule has 0 spiro atoms. The molecule has 3 rings (SSSR count). The molecule has 1 fully saturated rings. The van der Waals surface area contributed by atoms with E-state index in [4.69, 9.17) is 0 Å². The largest absolute Gasteiger partial charge is 0.341 e. The molecule has 2 aromatic rings. The molecule has 1 aliphatic heterocycles. The number of hydrogen-bond donors (Lipinski definition) is 0. The lowest BCUT2D eigenvalue weighted by Gasteiger charge is -2.33. The Bertz CT molecular complexity index is 606. The quantitative estimate of drug-likeness (QED) is 0.868. The first kappa shape index (κ1) is 14.8. The Hall–Kier alpha value is -2.17. The van der Waals surface area contributed by atoms with Gasteiger partial charge in [0.25, 0.3) is 0 Å². The van der Waals surface area contributed by atoms with E-state index in [2.05, 4.69) is 22.1 Å². The van der Waals surface area contributed by atoms with Gasteiger partial charge in [-0.1, -0.05) is 6.07 Å². The third-order valence-corrected chi connectivity index (χ3v) is 4.25. The second-order valence-electron chi connectivity index (χ2n) is 6.09. The fourth-order valence-corrected chi connectivity index (χ4v) is 3.05. The van der Waals surface area contributed by atoms with Gasteiger partial charge in [-0.05, 0) is 43.7 Å². The number of pyridine rings is 1. The Balaban J connectivity index is 1.56. The van der Waals surface area contributed by atoms with Gasteiger partial charge in [0.05, 0.1) is 6.33 Å². The lowest BCUT2D eigenvalue weighted by Crippen LogP contribution is -2.42. The number of nitrogens with zero attached hydrogens (tertiary/aromatic N) is 4. The summed E-state index contributed by atoms with van der Waals surface area (Å²) in [5, 5.41) is 0. The zero-order valence-electron chi connectivity index (χ0n) is 13.0. The molecule has 0 N–H and O–H groups in total. The molecular weight excluding hydrogens is 276 g/mol. The fraction of sp³-hybridized carbons (Fsp3) is 0.471. The van der Waals surface area contributed by atoms with Gasteiger partial charge in [0.2, 0.25) is 5.91 Å². The van der Waals surface area contributed by atoms with Gasteiger partial charge in [-0.3, -0.25) is 9.78 Å². The summed E-state index contributed by atoms with van der Waals surface area (Å²) in [6.45, 7) is 4.11. The van der Waals surface area contributed by atoms with Crippen molar-refractivity contribution in [3.63, 3.8) is 0 Å². The van der Waals surface area contributed by atoms with Gasteiger partial charge in [0.1, 0.15) is 6.54 Å². The highest BCUT2D eigenvalue weighted by atomic mass is 16.2. The van der Waals surface area contributed by atoms with Gasteiger partial charge in [0.15, 0.2) is 0 Å². The van der Waals surface area contributed by atoms with Crippen LogP contribution in [0.4, 0.5) is 0 Å².